The van der Waals surface area contributed by atoms with Gasteiger partial charge in [-0.2, -0.15) is 5.10 Å². The number of pyridine rings is 1. The van der Waals surface area contributed by atoms with Crippen LogP contribution in [0.25, 0.3) is 0 Å². The number of nitrogens with zero attached hydrogens (tertiary/aromatic N) is 3. The maximum Gasteiger partial charge on any atom is 0.124 e. The fraction of sp³-hybridized carbons (Fsp3) is 0.273. The van der Waals surface area contributed by atoms with E-state index in [1.54, 1.807) is 23.3 Å². The maximum absolute atomic E-state index is 10.0. The first-order chi connectivity index (χ1) is 7.16. The molecule has 4 heteroatoms. The quantitative estimate of drug-likeness (QED) is 0.798. The van der Waals surface area contributed by atoms with E-state index in [0.29, 0.717) is 5.69 Å². The van der Waals surface area contributed by atoms with Crippen LogP contribution in [-0.4, -0.2) is 19.9 Å². The third-order valence-electron chi connectivity index (χ3n) is 2.26. The van der Waals surface area contributed by atoms with Gasteiger partial charge in [-0.3, -0.25) is 9.67 Å². The molecule has 0 fully saturated rings. The SMILES string of the molecule is Cc1ccnc(C(O)c2cnn(C)c2)c1. The lowest BCUT2D eigenvalue weighted by molar-refractivity contribution is 0.215. The van der Waals surface area contributed by atoms with Crippen LogP contribution in [0.3, 0.4) is 0 Å². The molecule has 0 aromatic carbocycles. The zero-order valence-corrected chi connectivity index (χ0v) is 8.75. The van der Waals surface area contributed by atoms with E-state index in [9.17, 15) is 5.11 Å². The molecule has 1 atom stereocenters. The number of aliphatic hydroxyl groups excluding tert-OH is 1. The summed E-state index contributed by atoms with van der Waals surface area (Å²) in [7, 11) is 1.82. The summed E-state index contributed by atoms with van der Waals surface area (Å²) in [5.74, 6) is 0. The number of hydrogen-bond acceptors (Lipinski definition) is 3. The molecule has 0 bridgehead atoms. The van der Waals surface area contributed by atoms with Gasteiger partial charge in [-0.25, -0.2) is 0 Å². The second kappa shape index (κ2) is 3.82. The van der Waals surface area contributed by atoms with Gasteiger partial charge < -0.3 is 5.11 Å². The van der Waals surface area contributed by atoms with E-state index in [4.69, 9.17) is 0 Å². The molecule has 2 heterocycles. The van der Waals surface area contributed by atoms with Crippen molar-refractivity contribution in [1.29, 1.82) is 0 Å². The van der Waals surface area contributed by atoms with Gasteiger partial charge in [-0.15, -0.1) is 0 Å². The number of aromatic nitrogens is 3. The van der Waals surface area contributed by atoms with Gasteiger partial charge in [0.1, 0.15) is 6.10 Å². The normalized spacial score (nSPS) is 12.7. The van der Waals surface area contributed by atoms with Crippen molar-refractivity contribution >= 4 is 0 Å². The van der Waals surface area contributed by atoms with Crippen molar-refractivity contribution in [3.8, 4) is 0 Å². The molecule has 0 aliphatic carbocycles. The summed E-state index contributed by atoms with van der Waals surface area (Å²) in [4.78, 5) is 4.14. The van der Waals surface area contributed by atoms with Crippen molar-refractivity contribution < 1.29 is 5.11 Å². The Kier molecular flexibility index (Phi) is 2.51. The fourth-order valence-corrected chi connectivity index (χ4v) is 1.46. The molecule has 1 N–H and O–H groups in total. The van der Waals surface area contributed by atoms with Crippen LogP contribution in [0.1, 0.15) is 22.9 Å². The highest BCUT2D eigenvalue weighted by Crippen LogP contribution is 2.19. The van der Waals surface area contributed by atoms with Gasteiger partial charge in [0.2, 0.25) is 0 Å². The molecule has 15 heavy (non-hydrogen) atoms. The average Bonchev–Trinajstić information content (AvgIpc) is 2.64. The molecule has 0 aliphatic rings. The Labute approximate surface area is 88.2 Å². The molecule has 2 aromatic heterocycles. The predicted molar refractivity (Wildman–Crippen MR) is 56.2 cm³/mol. The molecule has 0 spiro atoms. The van der Waals surface area contributed by atoms with Crippen LogP contribution in [0.5, 0.6) is 0 Å². The first kappa shape index (κ1) is 9.86. The van der Waals surface area contributed by atoms with E-state index in [1.165, 1.54) is 0 Å². The third kappa shape index (κ3) is 2.05. The Bertz CT molecular complexity index is 464. The standard InChI is InChI=1S/C11H13N3O/c1-8-3-4-12-10(5-8)11(15)9-6-13-14(2)7-9/h3-7,11,15H,1-2H3. The van der Waals surface area contributed by atoms with Gasteiger partial charge in [-0.05, 0) is 24.6 Å². The van der Waals surface area contributed by atoms with Crippen LogP contribution in [0.15, 0.2) is 30.7 Å². The van der Waals surface area contributed by atoms with E-state index in [2.05, 4.69) is 10.1 Å². The van der Waals surface area contributed by atoms with Crippen LogP contribution in [0.4, 0.5) is 0 Å². The van der Waals surface area contributed by atoms with Gasteiger partial charge in [0.05, 0.1) is 11.9 Å². The minimum atomic E-state index is -0.696. The van der Waals surface area contributed by atoms with Gasteiger partial charge >= 0.3 is 0 Å². The molecular formula is C11H13N3O. The second-order valence-electron chi connectivity index (χ2n) is 3.61. The molecule has 4 nitrogen and oxygen atoms in total. The topological polar surface area (TPSA) is 50.9 Å². The highest BCUT2D eigenvalue weighted by Gasteiger charge is 2.13. The molecule has 78 valence electrons. The van der Waals surface area contributed by atoms with Gasteiger partial charge in [0, 0.05) is 25.0 Å². The third-order valence-corrected chi connectivity index (χ3v) is 2.26. The van der Waals surface area contributed by atoms with E-state index in [1.807, 2.05) is 26.1 Å². The number of rotatable bonds is 2. The van der Waals surface area contributed by atoms with Crippen molar-refractivity contribution in [3.63, 3.8) is 0 Å². The predicted octanol–water partition coefficient (Wildman–Crippen LogP) is 1.21. The Balaban J connectivity index is 2.32. The summed E-state index contributed by atoms with van der Waals surface area (Å²) in [6, 6.07) is 3.77. The summed E-state index contributed by atoms with van der Waals surface area (Å²) >= 11 is 0. The zero-order chi connectivity index (χ0) is 10.8. The van der Waals surface area contributed by atoms with Crippen LogP contribution < -0.4 is 0 Å². The summed E-state index contributed by atoms with van der Waals surface area (Å²) < 4.78 is 1.66. The van der Waals surface area contributed by atoms with Crippen LogP contribution in [-0.2, 0) is 7.05 Å². The first-order valence-electron chi connectivity index (χ1n) is 4.76. The zero-order valence-electron chi connectivity index (χ0n) is 8.75. The van der Waals surface area contributed by atoms with Crippen molar-refractivity contribution in [2.45, 2.75) is 13.0 Å². The minimum Gasteiger partial charge on any atom is -0.382 e. The van der Waals surface area contributed by atoms with Crippen molar-refractivity contribution in [2.75, 3.05) is 0 Å². The van der Waals surface area contributed by atoms with E-state index in [0.717, 1.165) is 11.1 Å². The second-order valence-corrected chi connectivity index (χ2v) is 3.61. The lowest BCUT2D eigenvalue weighted by atomic mass is 10.1. The van der Waals surface area contributed by atoms with Gasteiger partial charge in [0.25, 0.3) is 0 Å². The summed E-state index contributed by atoms with van der Waals surface area (Å²) in [6.45, 7) is 1.97. The monoisotopic (exact) mass is 203 g/mol. The van der Waals surface area contributed by atoms with Gasteiger partial charge in [-0.1, -0.05) is 0 Å². The molecule has 2 rings (SSSR count). The largest absolute Gasteiger partial charge is 0.382 e. The average molecular weight is 203 g/mol. The van der Waals surface area contributed by atoms with Crippen molar-refractivity contribution in [1.82, 2.24) is 14.8 Å². The molecule has 0 amide bonds. The van der Waals surface area contributed by atoms with Crippen LogP contribution in [0, 0.1) is 6.92 Å². The lowest BCUT2D eigenvalue weighted by Gasteiger charge is -2.07. The maximum atomic E-state index is 10.0. The highest BCUT2D eigenvalue weighted by atomic mass is 16.3. The van der Waals surface area contributed by atoms with E-state index >= 15 is 0 Å². The number of hydrogen-bond donors (Lipinski definition) is 1. The molecular weight excluding hydrogens is 190 g/mol. The molecule has 1 unspecified atom stereocenters. The Morgan fingerprint density at radius 1 is 1.47 bits per heavy atom. The van der Waals surface area contributed by atoms with E-state index in [-0.39, 0.29) is 0 Å². The fourth-order valence-electron chi connectivity index (χ4n) is 1.46. The highest BCUT2D eigenvalue weighted by molar-refractivity contribution is 5.24. The molecule has 0 aliphatic heterocycles. The number of aryl methyl sites for hydroxylation is 2. The van der Waals surface area contributed by atoms with Crippen LogP contribution in [0.2, 0.25) is 0 Å². The number of aliphatic hydroxyl groups is 1. The Morgan fingerprint density at radius 3 is 2.87 bits per heavy atom. The Hall–Kier alpha value is -1.68. The van der Waals surface area contributed by atoms with Crippen molar-refractivity contribution in [2.24, 2.45) is 7.05 Å². The lowest BCUT2D eigenvalue weighted by Crippen LogP contribution is -2.01. The summed E-state index contributed by atoms with van der Waals surface area (Å²) in [6.07, 6.45) is 4.44. The molecule has 0 radical (unpaired) electrons. The smallest absolute Gasteiger partial charge is 0.124 e. The Morgan fingerprint density at radius 2 is 2.27 bits per heavy atom. The minimum absolute atomic E-state index is 0.656. The molecule has 0 saturated heterocycles. The van der Waals surface area contributed by atoms with Crippen LogP contribution >= 0.6 is 0 Å². The van der Waals surface area contributed by atoms with Crippen molar-refractivity contribution in [3.05, 3.63) is 47.5 Å². The molecule has 2 aromatic rings. The first-order valence-corrected chi connectivity index (χ1v) is 4.76. The van der Waals surface area contributed by atoms with Gasteiger partial charge in [0.15, 0.2) is 0 Å². The van der Waals surface area contributed by atoms with E-state index < -0.39 is 6.10 Å². The summed E-state index contributed by atoms with van der Waals surface area (Å²) in [5.41, 5.74) is 2.50. The summed E-state index contributed by atoms with van der Waals surface area (Å²) in [5, 5.41) is 14.0. The molecule has 0 saturated carbocycles.